The van der Waals surface area contributed by atoms with Crippen LogP contribution < -0.4 is 20.7 Å². The summed E-state index contributed by atoms with van der Waals surface area (Å²) in [5.74, 6) is 6.18. The Morgan fingerprint density at radius 1 is 1.33 bits per heavy atom. The molecule has 0 atom stereocenters. The third-order valence-corrected chi connectivity index (χ3v) is 3.41. The molecule has 0 heterocycles. The SMILES string of the molecule is COc1cc(Br)c(OCCCC(=O)NN)cc1Br. The Labute approximate surface area is 122 Å². The van der Waals surface area contributed by atoms with Crippen LogP contribution in [0.3, 0.4) is 0 Å². The number of carbonyl (C=O) groups is 1. The summed E-state index contributed by atoms with van der Waals surface area (Å²) in [4.78, 5) is 10.9. The van der Waals surface area contributed by atoms with Crippen molar-refractivity contribution in [1.82, 2.24) is 5.43 Å². The summed E-state index contributed by atoms with van der Waals surface area (Å²) in [6, 6.07) is 3.62. The van der Waals surface area contributed by atoms with E-state index in [-0.39, 0.29) is 5.91 Å². The molecular weight excluding hydrogens is 368 g/mol. The van der Waals surface area contributed by atoms with Crippen molar-refractivity contribution in [2.75, 3.05) is 13.7 Å². The molecule has 0 radical (unpaired) electrons. The zero-order chi connectivity index (χ0) is 13.5. The Bertz CT molecular complexity index is 427. The molecule has 3 N–H and O–H groups in total. The molecule has 1 rings (SSSR count). The summed E-state index contributed by atoms with van der Waals surface area (Å²) >= 11 is 6.77. The highest BCUT2D eigenvalue weighted by Crippen LogP contribution is 2.35. The van der Waals surface area contributed by atoms with Crippen molar-refractivity contribution in [2.24, 2.45) is 5.84 Å². The monoisotopic (exact) mass is 380 g/mol. The van der Waals surface area contributed by atoms with Crippen LogP contribution in [0, 0.1) is 0 Å². The average Bonchev–Trinajstić information content (AvgIpc) is 2.37. The Kier molecular flexibility index (Phi) is 6.45. The maximum absolute atomic E-state index is 10.9. The number of nitrogens with two attached hydrogens (primary N) is 1. The number of amides is 1. The molecule has 0 fully saturated rings. The van der Waals surface area contributed by atoms with Crippen molar-refractivity contribution in [2.45, 2.75) is 12.8 Å². The van der Waals surface area contributed by atoms with Gasteiger partial charge in [-0.15, -0.1) is 0 Å². The summed E-state index contributed by atoms with van der Waals surface area (Å²) in [6.07, 6.45) is 0.935. The maximum atomic E-state index is 10.9. The number of carbonyl (C=O) groups excluding carboxylic acids is 1. The minimum atomic E-state index is -0.200. The highest BCUT2D eigenvalue weighted by molar-refractivity contribution is 9.11. The van der Waals surface area contributed by atoms with Crippen LogP contribution in [0.5, 0.6) is 11.5 Å². The molecule has 0 aliphatic carbocycles. The van der Waals surface area contributed by atoms with Crippen LogP contribution in [0.15, 0.2) is 21.1 Å². The van der Waals surface area contributed by atoms with Gasteiger partial charge in [0.15, 0.2) is 0 Å². The van der Waals surface area contributed by atoms with E-state index in [0.29, 0.717) is 25.2 Å². The van der Waals surface area contributed by atoms with Crippen molar-refractivity contribution in [3.05, 3.63) is 21.1 Å². The van der Waals surface area contributed by atoms with E-state index in [1.165, 1.54) is 0 Å². The van der Waals surface area contributed by atoms with Gasteiger partial charge in [0.25, 0.3) is 0 Å². The van der Waals surface area contributed by atoms with Crippen LogP contribution in [-0.2, 0) is 4.79 Å². The minimum absolute atomic E-state index is 0.200. The molecule has 0 aliphatic rings. The number of rotatable bonds is 6. The first-order valence-corrected chi connectivity index (χ1v) is 6.82. The van der Waals surface area contributed by atoms with E-state index in [1.807, 2.05) is 12.1 Å². The van der Waals surface area contributed by atoms with E-state index in [4.69, 9.17) is 15.3 Å². The van der Waals surface area contributed by atoms with E-state index in [9.17, 15) is 4.79 Å². The van der Waals surface area contributed by atoms with Crippen molar-refractivity contribution in [3.63, 3.8) is 0 Å². The van der Waals surface area contributed by atoms with Crippen LogP contribution in [0.4, 0.5) is 0 Å². The third-order valence-electron chi connectivity index (χ3n) is 2.17. The van der Waals surface area contributed by atoms with Gasteiger partial charge in [-0.2, -0.15) is 0 Å². The number of nitrogens with one attached hydrogen (secondary N) is 1. The van der Waals surface area contributed by atoms with Crippen LogP contribution in [0.1, 0.15) is 12.8 Å². The van der Waals surface area contributed by atoms with Crippen LogP contribution in [0.2, 0.25) is 0 Å². The number of benzene rings is 1. The van der Waals surface area contributed by atoms with Crippen molar-refractivity contribution in [3.8, 4) is 11.5 Å². The summed E-state index contributed by atoms with van der Waals surface area (Å²) < 4.78 is 12.3. The van der Waals surface area contributed by atoms with Gasteiger partial charge in [-0.3, -0.25) is 10.2 Å². The fourth-order valence-corrected chi connectivity index (χ4v) is 2.19. The van der Waals surface area contributed by atoms with Gasteiger partial charge in [-0.05, 0) is 50.4 Å². The van der Waals surface area contributed by atoms with Crippen molar-refractivity contribution >= 4 is 37.8 Å². The summed E-state index contributed by atoms with van der Waals surface area (Å²) in [5.41, 5.74) is 2.07. The van der Waals surface area contributed by atoms with Crippen molar-refractivity contribution in [1.29, 1.82) is 0 Å². The number of ether oxygens (including phenoxy) is 2. The number of hydrogen-bond acceptors (Lipinski definition) is 4. The zero-order valence-corrected chi connectivity index (χ0v) is 13.0. The molecular formula is C11H14Br2N2O3. The molecule has 0 aromatic heterocycles. The minimum Gasteiger partial charge on any atom is -0.496 e. The first kappa shape index (κ1) is 15.3. The van der Waals surface area contributed by atoms with Gasteiger partial charge >= 0.3 is 0 Å². The first-order valence-electron chi connectivity index (χ1n) is 5.23. The van der Waals surface area contributed by atoms with E-state index in [1.54, 1.807) is 7.11 Å². The molecule has 0 unspecified atom stereocenters. The largest absolute Gasteiger partial charge is 0.496 e. The van der Waals surface area contributed by atoms with E-state index in [2.05, 4.69) is 37.3 Å². The lowest BCUT2D eigenvalue weighted by Crippen LogP contribution is -2.29. The Balaban J connectivity index is 2.52. The molecule has 0 spiro atoms. The van der Waals surface area contributed by atoms with Gasteiger partial charge in [-0.1, -0.05) is 0 Å². The van der Waals surface area contributed by atoms with Crippen LogP contribution in [-0.4, -0.2) is 19.6 Å². The Morgan fingerprint density at radius 2 is 1.94 bits per heavy atom. The topological polar surface area (TPSA) is 73.6 Å². The highest BCUT2D eigenvalue weighted by Gasteiger charge is 2.08. The standard InChI is InChI=1S/C11H14Br2N2O3/c1-17-9-5-8(13)10(6-7(9)12)18-4-2-3-11(16)15-14/h5-6H,2-4,14H2,1H3,(H,15,16). The van der Waals surface area contributed by atoms with E-state index >= 15 is 0 Å². The smallest absolute Gasteiger partial charge is 0.234 e. The number of methoxy groups -OCH3 is 1. The van der Waals surface area contributed by atoms with Gasteiger partial charge in [0.2, 0.25) is 5.91 Å². The first-order chi connectivity index (χ1) is 8.58. The molecule has 5 nitrogen and oxygen atoms in total. The molecule has 0 aliphatic heterocycles. The Hall–Kier alpha value is -0.790. The molecule has 1 aromatic rings. The third kappa shape index (κ3) is 4.47. The lowest BCUT2D eigenvalue weighted by Gasteiger charge is -2.11. The van der Waals surface area contributed by atoms with Gasteiger partial charge < -0.3 is 9.47 Å². The maximum Gasteiger partial charge on any atom is 0.234 e. The fraction of sp³-hybridized carbons (Fsp3) is 0.364. The van der Waals surface area contributed by atoms with Gasteiger partial charge in [0.1, 0.15) is 11.5 Å². The fourth-order valence-electron chi connectivity index (χ4n) is 1.26. The molecule has 0 bridgehead atoms. The Morgan fingerprint density at radius 3 is 2.56 bits per heavy atom. The number of halogens is 2. The summed E-state index contributed by atoms with van der Waals surface area (Å²) in [7, 11) is 1.60. The van der Waals surface area contributed by atoms with E-state index < -0.39 is 0 Å². The zero-order valence-electron chi connectivity index (χ0n) is 9.83. The summed E-state index contributed by atoms with van der Waals surface area (Å²) in [6.45, 7) is 0.435. The second-order valence-electron chi connectivity index (χ2n) is 3.44. The lowest BCUT2D eigenvalue weighted by atomic mass is 10.3. The quantitative estimate of drug-likeness (QED) is 0.343. The summed E-state index contributed by atoms with van der Waals surface area (Å²) in [5, 5.41) is 0. The number of hydrazine groups is 1. The lowest BCUT2D eigenvalue weighted by molar-refractivity contribution is -0.121. The normalized spacial score (nSPS) is 10.0. The van der Waals surface area contributed by atoms with Crippen molar-refractivity contribution < 1.29 is 14.3 Å². The molecule has 100 valence electrons. The second kappa shape index (κ2) is 7.60. The molecule has 18 heavy (non-hydrogen) atoms. The average molecular weight is 382 g/mol. The van der Waals surface area contributed by atoms with Gasteiger partial charge in [0, 0.05) is 6.42 Å². The molecule has 0 saturated carbocycles. The van der Waals surface area contributed by atoms with E-state index in [0.717, 1.165) is 14.7 Å². The molecule has 0 saturated heterocycles. The predicted octanol–water partition coefficient (Wildman–Crippen LogP) is 2.37. The molecule has 7 heteroatoms. The van der Waals surface area contributed by atoms with Gasteiger partial charge in [0.05, 0.1) is 22.7 Å². The van der Waals surface area contributed by atoms with Gasteiger partial charge in [-0.25, -0.2) is 5.84 Å². The van der Waals surface area contributed by atoms with Crippen LogP contribution >= 0.6 is 31.9 Å². The molecule has 1 amide bonds. The highest BCUT2D eigenvalue weighted by atomic mass is 79.9. The second-order valence-corrected chi connectivity index (χ2v) is 5.15. The predicted molar refractivity (Wildman–Crippen MR) is 75.5 cm³/mol. The van der Waals surface area contributed by atoms with Crippen LogP contribution in [0.25, 0.3) is 0 Å². The molecule has 1 aromatic carbocycles. The number of hydrogen-bond donors (Lipinski definition) is 2.